The molecular formula is C23H26N2O3. The van der Waals surface area contributed by atoms with Gasteiger partial charge in [0.25, 0.3) is 5.91 Å². The molecule has 1 N–H and O–H groups in total. The number of hydrogen-bond acceptors (Lipinski definition) is 3. The van der Waals surface area contributed by atoms with Crippen LogP contribution in [0.1, 0.15) is 54.1 Å². The molecule has 146 valence electrons. The Balaban J connectivity index is 1.60. The molecule has 1 fully saturated rings. The van der Waals surface area contributed by atoms with Crippen LogP contribution in [0.25, 0.3) is 0 Å². The summed E-state index contributed by atoms with van der Waals surface area (Å²) in [5, 5.41) is 3.03. The van der Waals surface area contributed by atoms with Crippen LogP contribution in [0, 0.1) is 5.92 Å². The highest BCUT2D eigenvalue weighted by molar-refractivity contribution is 6.01. The van der Waals surface area contributed by atoms with Crippen LogP contribution in [0.15, 0.2) is 54.6 Å². The Morgan fingerprint density at radius 1 is 0.964 bits per heavy atom. The fourth-order valence-electron chi connectivity index (χ4n) is 3.49. The zero-order chi connectivity index (χ0) is 20.1. The standard InChI is InChI=1S/C23H26N2O3/c1-16(2)20(18-6-4-3-5-7-18)14-24-23(28)19-10-8-17(9-11-19)15-25-21(26)12-13-22(25)27/h3-11,16,20H,12-15H2,1-2H3,(H,24,28). The molecule has 1 unspecified atom stereocenters. The first-order valence-electron chi connectivity index (χ1n) is 9.71. The molecule has 2 aromatic rings. The lowest BCUT2D eigenvalue weighted by molar-refractivity contribution is -0.139. The van der Waals surface area contributed by atoms with Gasteiger partial charge in [0.05, 0.1) is 6.54 Å². The van der Waals surface area contributed by atoms with E-state index in [1.165, 1.54) is 10.5 Å². The summed E-state index contributed by atoms with van der Waals surface area (Å²) in [6.45, 7) is 5.14. The van der Waals surface area contributed by atoms with Crippen molar-refractivity contribution in [2.75, 3.05) is 6.54 Å². The second kappa shape index (κ2) is 8.83. The molecule has 1 saturated heterocycles. The maximum atomic E-state index is 12.5. The number of nitrogens with one attached hydrogen (secondary N) is 1. The van der Waals surface area contributed by atoms with E-state index in [4.69, 9.17) is 0 Å². The van der Waals surface area contributed by atoms with Gasteiger partial charge in [-0.25, -0.2) is 0 Å². The van der Waals surface area contributed by atoms with E-state index < -0.39 is 0 Å². The van der Waals surface area contributed by atoms with Gasteiger partial charge in [0.15, 0.2) is 0 Å². The van der Waals surface area contributed by atoms with Crippen LogP contribution in [-0.4, -0.2) is 29.2 Å². The van der Waals surface area contributed by atoms with Gasteiger partial charge in [0.1, 0.15) is 0 Å². The lowest BCUT2D eigenvalue weighted by Crippen LogP contribution is -2.30. The SMILES string of the molecule is CC(C)C(CNC(=O)c1ccc(CN2C(=O)CCC2=O)cc1)c1ccccc1. The third kappa shape index (κ3) is 4.66. The topological polar surface area (TPSA) is 66.5 Å². The Morgan fingerprint density at radius 3 is 2.14 bits per heavy atom. The highest BCUT2D eigenvalue weighted by Crippen LogP contribution is 2.23. The molecule has 0 saturated carbocycles. The van der Waals surface area contributed by atoms with Crippen molar-refractivity contribution in [1.29, 1.82) is 0 Å². The number of hydrogen-bond donors (Lipinski definition) is 1. The second-order valence-corrected chi connectivity index (χ2v) is 7.54. The maximum absolute atomic E-state index is 12.5. The molecule has 2 aromatic carbocycles. The summed E-state index contributed by atoms with van der Waals surface area (Å²) in [7, 11) is 0. The van der Waals surface area contributed by atoms with E-state index in [1.54, 1.807) is 24.3 Å². The maximum Gasteiger partial charge on any atom is 0.251 e. The van der Waals surface area contributed by atoms with Gasteiger partial charge >= 0.3 is 0 Å². The van der Waals surface area contributed by atoms with Crippen molar-refractivity contribution in [1.82, 2.24) is 10.2 Å². The molecule has 5 nitrogen and oxygen atoms in total. The lowest BCUT2D eigenvalue weighted by atomic mass is 9.88. The zero-order valence-corrected chi connectivity index (χ0v) is 16.4. The number of amides is 3. The number of carbonyl (C=O) groups excluding carboxylic acids is 3. The predicted molar refractivity (Wildman–Crippen MR) is 108 cm³/mol. The minimum Gasteiger partial charge on any atom is -0.351 e. The Hall–Kier alpha value is -2.95. The van der Waals surface area contributed by atoms with Gasteiger partial charge in [-0.2, -0.15) is 0 Å². The predicted octanol–water partition coefficient (Wildman–Crippen LogP) is 3.51. The molecule has 1 aliphatic heterocycles. The molecule has 3 amide bonds. The first-order chi connectivity index (χ1) is 13.5. The van der Waals surface area contributed by atoms with Gasteiger partial charge in [-0.1, -0.05) is 56.3 Å². The van der Waals surface area contributed by atoms with E-state index in [0.29, 0.717) is 18.0 Å². The molecule has 0 aliphatic carbocycles. The van der Waals surface area contributed by atoms with Crippen LogP contribution in [0.2, 0.25) is 0 Å². The van der Waals surface area contributed by atoms with Crippen LogP contribution < -0.4 is 5.32 Å². The van der Waals surface area contributed by atoms with Crippen LogP contribution in [0.5, 0.6) is 0 Å². The lowest BCUT2D eigenvalue weighted by Gasteiger charge is -2.22. The molecule has 1 aliphatic rings. The van der Waals surface area contributed by atoms with Gasteiger partial charge in [-0.05, 0) is 29.2 Å². The number of likely N-dealkylation sites (tertiary alicyclic amines) is 1. The van der Waals surface area contributed by atoms with Gasteiger partial charge in [0, 0.05) is 30.9 Å². The van der Waals surface area contributed by atoms with Crippen molar-refractivity contribution in [3.63, 3.8) is 0 Å². The van der Waals surface area contributed by atoms with Crippen molar-refractivity contribution in [2.45, 2.75) is 39.2 Å². The molecule has 5 heteroatoms. The van der Waals surface area contributed by atoms with E-state index in [2.05, 4.69) is 31.3 Å². The third-order valence-corrected chi connectivity index (χ3v) is 5.23. The second-order valence-electron chi connectivity index (χ2n) is 7.54. The molecular weight excluding hydrogens is 352 g/mol. The summed E-state index contributed by atoms with van der Waals surface area (Å²) in [5.41, 5.74) is 2.62. The van der Waals surface area contributed by atoms with Crippen molar-refractivity contribution in [3.05, 3.63) is 71.3 Å². The van der Waals surface area contributed by atoms with Gasteiger partial charge in [-0.3, -0.25) is 19.3 Å². The van der Waals surface area contributed by atoms with E-state index in [1.807, 2.05) is 18.2 Å². The molecule has 3 rings (SSSR count). The van der Waals surface area contributed by atoms with E-state index in [-0.39, 0.29) is 43.0 Å². The quantitative estimate of drug-likeness (QED) is 0.750. The summed E-state index contributed by atoms with van der Waals surface area (Å²) in [5.74, 6) is 0.263. The Morgan fingerprint density at radius 2 is 1.57 bits per heavy atom. The van der Waals surface area contributed by atoms with E-state index >= 15 is 0 Å². The fraction of sp³-hybridized carbons (Fsp3) is 0.348. The number of rotatable bonds is 7. The first kappa shape index (κ1) is 19.8. The minimum absolute atomic E-state index is 0.124. The first-order valence-corrected chi connectivity index (χ1v) is 9.71. The van der Waals surface area contributed by atoms with Gasteiger partial charge < -0.3 is 5.32 Å². The largest absolute Gasteiger partial charge is 0.351 e. The summed E-state index contributed by atoms with van der Waals surface area (Å²) in [4.78, 5) is 37.3. The third-order valence-electron chi connectivity index (χ3n) is 5.23. The normalized spacial score (nSPS) is 15.2. The molecule has 0 spiro atoms. The molecule has 0 bridgehead atoms. The van der Waals surface area contributed by atoms with Crippen LogP contribution in [0.3, 0.4) is 0 Å². The Kier molecular flexibility index (Phi) is 6.24. The molecule has 1 heterocycles. The molecule has 28 heavy (non-hydrogen) atoms. The number of nitrogens with zero attached hydrogens (tertiary/aromatic N) is 1. The summed E-state index contributed by atoms with van der Waals surface area (Å²) in [6.07, 6.45) is 0.579. The van der Waals surface area contributed by atoms with Crippen molar-refractivity contribution < 1.29 is 14.4 Å². The van der Waals surface area contributed by atoms with Crippen LogP contribution in [-0.2, 0) is 16.1 Å². The van der Waals surface area contributed by atoms with Gasteiger partial charge in [0.2, 0.25) is 11.8 Å². The summed E-state index contributed by atoms with van der Waals surface area (Å²) < 4.78 is 0. The smallest absolute Gasteiger partial charge is 0.251 e. The molecule has 0 aromatic heterocycles. The minimum atomic E-state index is -0.132. The van der Waals surface area contributed by atoms with E-state index in [0.717, 1.165) is 5.56 Å². The van der Waals surface area contributed by atoms with E-state index in [9.17, 15) is 14.4 Å². The molecule has 1 atom stereocenters. The Bertz CT molecular complexity index is 828. The average molecular weight is 378 g/mol. The van der Waals surface area contributed by atoms with Crippen molar-refractivity contribution >= 4 is 17.7 Å². The number of benzene rings is 2. The average Bonchev–Trinajstić information content (AvgIpc) is 3.01. The highest BCUT2D eigenvalue weighted by atomic mass is 16.2. The number of imide groups is 1. The fourth-order valence-corrected chi connectivity index (χ4v) is 3.49. The number of carbonyl (C=O) groups is 3. The van der Waals surface area contributed by atoms with Gasteiger partial charge in [-0.15, -0.1) is 0 Å². The van der Waals surface area contributed by atoms with Crippen molar-refractivity contribution in [2.24, 2.45) is 5.92 Å². The van der Waals surface area contributed by atoms with Crippen molar-refractivity contribution in [3.8, 4) is 0 Å². The summed E-state index contributed by atoms with van der Waals surface area (Å²) >= 11 is 0. The zero-order valence-electron chi connectivity index (χ0n) is 16.4. The van der Waals surface area contributed by atoms with Crippen LogP contribution >= 0.6 is 0 Å². The summed E-state index contributed by atoms with van der Waals surface area (Å²) in [6, 6.07) is 17.3. The molecule has 0 radical (unpaired) electrons. The Labute approximate surface area is 165 Å². The monoisotopic (exact) mass is 378 g/mol. The van der Waals surface area contributed by atoms with Crippen LogP contribution in [0.4, 0.5) is 0 Å². The highest BCUT2D eigenvalue weighted by Gasteiger charge is 2.28.